The molecule has 1 N–H and O–H groups in total. The topological polar surface area (TPSA) is 90.3 Å². The molecular formula is C13H14FN3O3S. The molecule has 0 aromatic heterocycles. The van der Waals surface area contributed by atoms with Crippen molar-refractivity contribution in [3.8, 4) is 6.07 Å². The van der Waals surface area contributed by atoms with E-state index in [1.807, 2.05) is 0 Å². The van der Waals surface area contributed by atoms with Crippen molar-refractivity contribution >= 4 is 15.9 Å². The second-order valence-corrected chi connectivity index (χ2v) is 6.47. The summed E-state index contributed by atoms with van der Waals surface area (Å²) in [6.45, 7) is 2.08. The fourth-order valence-electron chi connectivity index (χ4n) is 2.26. The lowest BCUT2D eigenvalue weighted by Crippen LogP contribution is -2.56. The van der Waals surface area contributed by atoms with Gasteiger partial charge in [0.1, 0.15) is 17.9 Å². The summed E-state index contributed by atoms with van der Waals surface area (Å²) in [5, 5.41) is 11.4. The van der Waals surface area contributed by atoms with Crippen molar-refractivity contribution in [3.05, 3.63) is 29.6 Å². The van der Waals surface area contributed by atoms with Crippen molar-refractivity contribution in [2.75, 3.05) is 13.1 Å². The fraction of sp³-hybridized carbons (Fsp3) is 0.385. The fourth-order valence-corrected chi connectivity index (χ4v) is 3.95. The van der Waals surface area contributed by atoms with Gasteiger partial charge in [0.15, 0.2) is 0 Å². The van der Waals surface area contributed by atoms with Crippen LogP contribution in [0.2, 0.25) is 0 Å². The normalized spacial score (nSPS) is 19.9. The molecule has 1 aliphatic rings. The first-order valence-electron chi connectivity index (χ1n) is 6.41. The highest BCUT2D eigenvalue weighted by molar-refractivity contribution is 7.89. The summed E-state index contributed by atoms with van der Waals surface area (Å²) in [6, 6.07) is 3.85. The smallest absolute Gasteiger partial charge is 0.243 e. The van der Waals surface area contributed by atoms with Crippen LogP contribution in [0.15, 0.2) is 23.1 Å². The van der Waals surface area contributed by atoms with Gasteiger partial charge in [0.25, 0.3) is 0 Å². The van der Waals surface area contributed by atoms with E-state index < -0.39 is 21.9 Å². The maximum absolute atomic E-state index is 13.3. The molecule has 112 valence electrons. The summed E-state index contributed by atoms with van der Waals surface area (Å²) in [5.74, 6) is -1.13. The number of piperazine rings is 1. The van der Waals surface area contributed by atoms with Crippen molar-refractivity contribution in [2.24, 2.45) is 0 Å². The van der Waals surface area contributed by atoms with E-state index in [1.54, 1.807) is 13.0 Å². The third-order valence-electron chi connectivity index (χ3n) is 3.33. The summed E-state index contributed by atoms with van der Waals surface area (Å²) in [5.41, 5.74) is -0.342. The maximum atomic E-state index is 13.3. The predicted octanol–water partition coefficient (Wildman–Crippen LogP) is 0.596. The first kappa shape index (κ1) is 15.4. The third kappa shape index (κ3) is 2.75. The number of nitrogens with one attached hydrogen (secondary N) is 1. The first-order valence-corrected chi connectivity index (χ1v) is 7.85. The van der Waals surface area contributed by atoms with Gasteiger partial charge in [0.2, 0.25) is 15.9 Å². The molecule has 0 aliphatic carbocycles. The first-order chi connectivity index (χ1) is 9.91. The van der Waals surface area contributed by atoms with E-state index in [4.69, 9.17) is 5.26 Å². The lowest BCUT2D eigenvalue weighted by atomic mass is 10.2. The van der Waals surface area contributed by atoms with Crippen LogP contribution in [-0.2, 0) is 14.8 Å². The molecule has 1 aliphatic heterocycles. The van der Waals surface area contributed by atoms with E-state index in [0.717, 1.165) is 22.5 Å². The lowest BCUT2D eigenvalue weighted by Gasteiger charge is -2.33. The van der Waals surface area contributed by atoms with E-state index >= 15 is 0 Å². The van der Waals surface area contributed by atoms with E-state index in [2.05, 4.69) is 5.32 Å². The van der Waals surface area contributed by atoms with E-state index in [9.17, 15) is 17.6 Å². The highest BCUT2D eigenvalue weighted by atomic mass is 32.2. The lowest BCUT2D eigenvalue weighted by molar-refractivity contribution is -0.126. The quantitative estimate of drug-likeness (QED) is 0.885. The van der Waals surface area contributed by atoms with Gasteiger partial charge in [-0.1, -0.05) is 6.92 Å². The Kier molecular flexibility index (Phi) is 4.25. The van der Waals surface area contributed by atoms with Crippen molar-refractivity contribution in [3.63, 3.8) is 0 Å². The number of carbonyl (C=O) groups excluding carboxylic acids is 1. The standard InChI is InChI=1S/C13H14FN3O3S/c1-2-12-13(18)16-5-6-17(12)21(19,20)10-3-4-11(14)9(7-10)8-15/h3-4,7,12H,2,5-6H2,1H3,(H,16,18). The van der Waals surface area contributed by atoms with E-state index in [-0.39, 0.29) is 29.5 Å². The summed E-state index contributed by atoms with van der Waals surface area (Å²) in [6.07, 6.45) is 0.331. The number of carbonyl (C=O) groups is 1. The number of hydrogen-bond acceptors (Lipinski definition) is 4. The summed E-state index contributed by atoms with van der Waals surface area (Å²) in [7, 11) is -3.95. The summed E-state index contributed by atoms with van der Waals surface area (Å²) >= 11 is 0. The molecule has 2 rings (SSSR count). The van der Waals surface area contributed by atoms with Gasteiger partial charge >= 0.3 is 0 Å². The van der Waals surface area contributed by atoms with Gasteiger partial charge in [0, 0.05) is 13.1 Å². The second-order valence-electron chi connectivity index (χ2n) is 4.58. The molecule has 1 unspecified atom stereocenters. The van der Waals surface area contributed by atoms with Gasteiger partial charge in [-0.25, -0.2) is 12.8 Å². The van der Waals surface area contributed by atoms with Crippen LogP contribution in [0.5, 0.6) is 0 Å². The zero-order chi connectivity index (χ0) is 15.6. The maximum Gasteiger partial charge on any atom is 0.243 e. The van der Waals surface area contributed by atoms with Gasteiger partial charge in [-0.15, -0.1) is 0 Å². The number of amides is 1. The third-order valence-corrected chi connectivity index (χ3v) is 5.24. The van der Waals surface area contributed by atoms with Gasteiger partial charge in [0.05, 0.1) is 10.5 Å². The van der Waals surface area contributed by atoms with Gasteiger partial charge in [-0.3, -0.25) is 4.79 Å². The molecule has 1 heterocycles. The van der Waals surface area contributed by atoms with E-state index in [0.29, 0.717) is 6.42 Å². The molecule has 8 heteroatoms. The highest BCUT2D eigenvalue weighted by Crippen LogP contribution is 2.23. The minimum atomic E-state index is -3.95. The number of benzene rings is 1. The highest BCUT2D eigenvalue weighted by Gasteiger charge is 2.37. The minimum absolute atomic E-state index is 0.145. The molecular weight excluding hydrogens is 297 g/mol. The van der Waals surface area contributed by atoms with Crippen LogP contribution in [0.3, 0.4) is 0 Å². The number of nitriles is 1. The zero-order valence-electron chi connectivity index (χ0n) is 11.3. The Bertz CT molecular complexity index is 712. The van der Waals surface area contributed by atoms with Gasteiger partial charge in [-0.2, -0.15) is 9.57 Å². The Labute approximate surface area is 122 Å². The molecule has 1 atom stereocenters. The molecule has 1 saturated heterocycles. The van der Waals surface area contributed by atoms with Crippen LogP contribution in [0.4, 0.5) is 4.39 Å². The molecule has 0 saturated carbocycles. The summed E-state index contributed by atoms with van der Waals surface area (Å²) in [4.78, 5) is 11.6. The molecule has 1 aromatic rings. The zero-order valence-corrected chi connectivity index (χ0v) is 12.2. The van der Waals surface area contributed by atoms with Crippen LogP contribution in [0.25, 0.3) is 0 Å². The monoisotopic (exact) mass is 311 g/mol. The Balaban J connectivity index is 2.46. The molecule has 21 heavy (non-hydrogen) atoms. The molecule has 1 fully saturated rings. The van der Waals surface area contributed by atoms with Crippen molar-refractivity contribution < 1.29 is 17.6 Å². The summed E-state index contributed by atoms with van der Waals surface area (Å²) < 4.78 is 39.6. The largest absolute Gasteiger partial charge is 0.353 e. The van der Waals surface area contributed by atoms with Gasteiger partial charge in [-0.05, 0) is 24.6 Å². The number of hydrogen-bond donors (Lipinski definition) is 1. The van der Waals surface area contributed by atoms with Crippen LogP contribution in [0.1, 0.15) is 18.9 Å². The predicted molar refractivity (Wildman–Crippen MR) is 72.1 cm³/mol. The average Bonchev–Trinajstić information content (AvgIpc) is 2.47. The van der Waals surface area contributed by atoms with Crippen molar-refractivity contribution in [1.82, 2.24) is 9.62 Å². The molecule has 1 amide bonds. The number of halogens is 1. The van der Waals surface area contributed by atoms with Crippen molar-refractivity contribution in [1.29, 1.82) is 5.26 Å². The minimum Gasteiger partial charge on any atom is -0.353 e. The number of sulfonamides is 1. The van der Waals surface area contributed by atoms with Crippen LogP contribution in [0, 0.1) is 17.1 Å². The molecule has 1 aromatic carbocycles. The SMILES string of the molecule is CCC1C(=O)NCCN1S(=O)(=O)c1ccc(F)c(C#N)c1. The van der Waals surface area contributed by atoms with Gasteiger partial charge < -0.3 is 5.32 Å². The number of nitrogens with zero attached hydrogens (tertiary/aromatic N) is 2. The Morgan fingerprint density at radius 1 is 1.52 bits per heavy atom. The molecule has 0 bridgehead atoms. The van der Waals surface area contributed by atoms with E-state index in [1.165, 1.54) is 0 Å². The Morgan fingerprint density at radius 3 is 2.86 bits per heavy atom. The van der Waals surface area contributed by atoms with Crippen LogP contribution in [-0.4, -0.2) is 37.8 Å². The van der Waals surface area contributed by atoms with Crippen LogP contribution < -0.4 is 5.32 Å². The molecule has 6 nitrogen and oxygen atoms in total. The number of rotatable bonds is 3. The molecule has 0 spiro atoms. The Hall–Kier alpha value is -1.98. The van der Waals surface area contributed by atoms with Crippen LogP contribution >= 0.6 is 0 Å². The van der Waals surface area contributed by atoms with Crippen molar-refractivity contribution in [2.45, 2.75) is 24.3 Å². The second kappa shape index (κ2) is 5.79. The average molecular weight is 311 g/mol. The Morgan fingerprint density at radius 2 is 2.24 bits per heavy atom. The molecule has 0 radical (unpaired) electrons.